The summed E-state index contributed by atoms with van der Waals surface area (Å²) in [4.78, 5) is 21.8. The summed E-state index contributed by atoms with van der Waals surface area (Å²) in [5.74, 6) is -0.541. The number of guanidine groups is 1. The third kappa shape index (κ3) is 6.64. The van der Waals surface area contributed by atoms with Gasteiger partial charge in [0.25, 0.3) is 5.91 Å². The summed E-state index contributed by atoms with van der Waals surface area (Å²) in [5, 5.41) is 16.2. The molecule has 1 atom stereocenters. The van der Waals surface area contributed by atoms with Crippen molar-refractivity contribution in [3.63, 3.8) is 0 Å². The number of rotatable bonds is 6. The quantitative estimate of drug-likeness (QED) is 0.221. The van der Waals surface area contributed by atoms with E-state index in [1.807, 2.05) is 6.07 Å². The summed E-state index contributed by atoms with van der Waals surface area (Å²) in [6, 6.07) is 18.1. The van der Waals surface area contributed by atoms with E-state index < -0.39 is 11.9 Å². The predicted octanol–water partition coefficient (Wildman–Crippen LogP) is 6.35. The van der Waals surface area contributed by atoms with E-state index in [1.54, 1.807) is 77.9 Å². The molecule has 4 rings (SSSR count). The molecule has 180 valence electrons. The van der Waals surface area contributed by atoms with Crippen LogP contribution in [-0.4, -0.2) is 21.4 Å². The van der Waals surface area contributed by atoms with E-state index in [1.165, 1.54) is 12.1 Å². The first-order valence-corrected chi connectivity index (χ1v) is 11.7. The van der Waals surface area contributed by atoms with E-state index in [4.69, 9.17) is 34.8 Å². The van der Waals surface area contributed by atoms with Gasteiger partial charge in [0.05, 0.1) is 31.9 Å². The van der Waals surface area contributed by atoms with Crippen molar-refractivity contribution in [3.05, 3.63) is 117 Å². The number of anilines is 1. The second-order valence-corrected chi connectivity index (χ2v) is 8.82. The number of hydrogen-bond acceptors (Lipinski definition) is 4. The number of aliphatic imine (C=N–C) groups is 1. The normalized spacial score (nSPS) is 13.3. The first kappa shape index (κ1) is 23.9. The molecule has 4 aromatic rings. The van der Waals surface area contributed by atoms with Crippen molar-refractivity contribution in [1.82, 2.24) is 14.9 Å². The number of carbonyl (C=O) groups is 1. The van der Waals surface area contributed by atoms with Crippen LogP contribution in [0.5, 0.6) is 0 Å². The Bertz CT molecular complexity index is 1490. The van der Waals surface area contributed by atoms with Crippen molar-refractivity contribution in [2.45, 2.75) is 12.6 Å². The third-order valence-corrected chi connectivity index (χ3v) is 5.77. The van der Waals surface area contributed by atoms with Crippen molar-refractivity contribution < 1.29 is 6.17 Å². The highest BCUT2D eigenvalue weighted by molar-refractivity contribution is 6.35. The van der Waals surface area contributed by atoms with Crippen LogP contribution in [0.15, 0.2) is 90.4 Å². The molecular formula is C26H19Cl3N6O. The maximum absolute atomic E-state index is 13.1. The summed E-state index contributed by atoms with van der Waals surface area (Å²) in [6.45, 7) is 0.0277. The minimum Gasteiger partial charge on any atom is -0.335 e. The van der Waals surface area contributed by atoms with Gasteiger partial charge in [-0.2, -0.15) is 5.26 Å². The minimum absolute atomic E-state index is 0.0178. The van der Waals surface area contributed by atoms with Gasteiger partial charge in [-0.15, -0.1) is 0 Å². The molecule has 0 aliphatic rings. The lowest BCUT2D eigenvalue weighted by Crippen LogP contribution is -2.36. The molecule has 1 aromatic heterocycles. The maximum atomic E-state index is 13.1. The van der Waals surface area contributed by atoms with Gasteiger partial charge in [0, 0.05) is 38.7 Å². The molecule has 2 N–H and O–H groups in total. The molecular weight excluding hydrogens is 519 g/mol. The van der Waals surface area contributed by atoms with Gasteiger partial charge in [0.15, 0.2) is 0 Å². The zero-order valence-corrected chi connectivity index (χ0v) is 20.9. The molecule has 0 saturated carbocycles. The van der Waals surface area contributed by atoms with Gasteiger partial charge in [-0.05, 0) is 60.2 Å². The Morgan fingerprint density at radius 3 is 2.58 bits per heavy atom. The van der Waals surface area contributed by atoms with Crippen molar-refractivity contribution in [2.75, 3.05) is 5.32 Å². The average molecular weight is 539 g/mol. The molecule has 1 amide bonds. The minimum atomic E-state index is -1.71. The Labute approximate surface area is 224 Å². The molecule has 0 aliphatic heterocycles. The lowest BCUT2D eigenvalue weighted by molar-refractivity contribution is 0.0976. The zero-order chi connectivity index (χ0) is 26.4. The van der Waals surface area contributed by atoms with Crippen molar-refractivity contribution in [1.29, 1.82) is 5.26 Å². The van der Waals surface area contributed by atoms with E-state index in [9.17, 15) is 11.4 Å². The van der Waals surface area contributed by atoms with Crippen molar-refractivity contribution in [2.24, 2.45) is 4.99 Å². The number of nitrogens with one attached hydrogen (secondary N) is 2. The molecule has 0 unspecified atom stereocenters. The van der Waals surface area contributed by atoms with Crippen LogP contribution in [0.25, 0.3) is 0 Å². The first-order chi connectivity index (χ1) is 17.8. The zero-order valence-electron chi connectivity index (χ0n) is 19.6. The lowest BCUT2D eigenvalue weighted by Gasteiger charge is -2.19. The number of halogens is 3. The molecule has 0 radical (unpaired) electrons. The molecule has 0 saturated heterocycles. The number of aromatic nitrogens is 2. The summed E-state index contributed by atoms with van der Waals surface area (Å²) in [5.41, 5.74) is 1.52. The van der Waals surface area contributed by atoms with Crippen LogP contribution < -0.4 is 10.6 Å². The molecule has 3 aromatic carbocycles. The molecule has 0 aliphatic carbocycles. The summed E-state index contributed by atoms with van der Waals surface area (Å²) in [6.07, 6.45) is 4.84. The van der Waals surface area contributed by atoms with Crippen LogP contribution in [0.1, 0.15) is 28.9 Å². The largest absolute Gasteiger partial charge is 0.335 e. The monoisotopic (exact) mass is 537 g/mol. The predicted molar refractivity (Wildman–Crippen MR) is 143 cm³/mol. The Hall–Kier alpha value is -3.83. The highest BCUT2D eigenvalue weighted by atomic mass is 35.5. The average Bonchev–Trinajstić information content (AvgIpc) is 3.38. The lowest BCUT2D eigenvalue weighted by atomic mass is 10.1. The molecule has 0 bridgehead atoms. The molecule has 10 heteroatoms. The van der Waals surface area contributed by atoms with Gasteiger partial charge in [0.2, 0.25) is 5.96 Å². The highest BCUT2D eigenvalue weighted by Crippen LogP contribution is 2.30. The smallest absolute Gasteiger partial charge is 0.258 e. The van der Waals surface area contributed by atoms with E-state index in [0.29, 0.717) is 26.9 Å². The van der Waals surface area contributed by atoms with Crippen molar-refractivity contribution >= 4 is 52.4 Å². The van der Waals surface area contributed by atoms with E-state index in [0.717, 1.165) is 0 Å². The SMILES string of the molecule is [2H][C@](Cn1ccnc1)(N=C(NC(=O)c1cccc(C#N)c1)Nc1ccc(Cl)cc1)c1ccc(Cl)cc1Cl. The Kier molecular flexibility index (Phi) is 7.79. The summed E-state index contributed by atoms with van der Waals surface area (Å²) >= 11 is 18.6. The van der Waals surface area contributed by atoms with Crippen LogP contribution >= 0.6 is 34.8 Å². The molecule has 36 heavy (non-hydrogen) atoms. The van der Waals surface area contributed by atoms with Crippen molar-refractivity contribution in [3.8, 4) is 6.07 Å². The van der Waals surface area contributed by atoms with Crippen LogP contribution in [-0.2, 0) is 6.54 Å². The summed E-state index contributed by atoms with van der Waals surface area (Å²) < 4.78 is 11.1. The van der Waals surface area contributed by atoms with Gasteiger partial charge in [-0.1, -0.05) is 46.9 Å². The van der Waals surface area contributed by atoms with Gasteiger partial charge >= 0.3 is 0 Å². The fourth-order valence-electron chi connectivity index (χ4n) is 3.26. The topological polar surface area (TPSA) is 95.1 Å². The Balaban J connectivity index is 1.79. The van der Waals surface area contributed by atoms with Gasteiger partial charge in [-0.25, -0.2) is 9.98 Å². The molecule has 0 fully saturated rings. The van der Waals surface area contributed by atoms with Gasteiger partial charge in [0.1, 0.15) is 0 Å². The molecule has 1 heterocycles. The third-order valence-electron chi connectivity index (χ3n) is 4.97. The van der Waals surface area contributed by atoms with Crippen LogP contribution in [0.4, 0.5) is 5.69 Å². The summed E-state index contributed by atoms with van der Waals surface area (Å²) in [7, 11) is 0. The van der Waals surface area contributed by atoms with E-state index in [2.05, 4.69) is 20.6 Å². The second-order valence-electron chi connectivity index (χ2n) is 7.54. The highest BCUT2D eigenvalue weighted by Gasteiger charge is 2.18. The number of nitriles is 1. The van der Waals surface area contributed by atoms with E-state index in [-0.39, 0.29) is 23.1 Å². The number of imidazole rings is 1. The Morgan fingerprint density at radius 1 is 1.11 bits per heavy atom. The second kappa shape index (κ2) is 11.7. The van der Waals surface area contributed by atoms with E-state index >= 15 is 0 Å². The maximum Gasteiger partial charge on any atom is 0.258 e. The fourth-order valence-corrected chi connectivity index (χ4v) is 3.90. The number of amides is 1. The van der Waals surface area contributed by atoms with Gasteiger partial charge < -0.3 is 9.88 Å². The van der Waals surface area contributed by atoms with Crippen LogP contribution in [0, 0.1) is 11.3 Å². The fraction of sp³-hybridized carbons (Fsp3) is 0.0769. The molecule has 7 nitrogen and oxygen atoms in total. The van der Waals surface area contributed by atoms with Gasteiger partial charge in [-0.3, -0.25) is 10.1 Å². The molecule has 0 spiro atoms. The number of carbonyl (C=O) groups excluding carboxylic acids is 1. The number of hydrogen-bond donors (Lipinski definition) is 2. The number of nitrogens with zero attached hydrogens (tertiary/aromatic N) is 4. The standard InChI is InChI=1S/C26H19Cl3N6O/c27-19-4-7-21(8-5-19)32-26(34-25(36)18-3-1-2-17(12-18)14-30)33-24(15-35-11-10-31-16-35)22-9-6-20(28)13-23(22)29/h1-13,16,24H,15H2,(H2,32,33,34,36)/t24-/m1/s1/i24D. The Morgan fingerprint density at radius 2 is 1.89 bits per heavy atom. The van der Waals surface area contributed by atoms with Crippen LogP contribution in [0.2, 0.25) is 15.1 Å². The first-order valence-electron chi connectivity index (χ1n) is 11.1. The van der Waals surface area contributed by atoms with Crippen LogP contribution in [0.3, 0.4) is 0 Å². The number of benzene rings is 3.